The van der Waals surface area contributed by atoms with Crippen LogP contribution >= 0.6 is 0 Å². The summed E-state index contributed by atoms with van der Waals surface area (Å²) < 4.78 is 38.4. The quantitative estimate of drug-likeness (QED) is 0.175. The maximum atomic E-state index is 6.54. The molecule has 3 aromatic carbocycles. The molecule has 272 valence electrons. The van der Waals surface area contributed by atoms with Gasteiger partial charge in [0, 0.05) is 0 Å². The molecule has 0 amide bonds. The molecule has 0 heterocycles. The van der Waals surface area contributed by atoms with E-state index in [1.807, 2.05) is 0 Å². The molecule has 11 heteroatoms. The standard InChI is InChI=1S/C39H51O6Si.3ClH.Ti/c1-20-17-30(40-11)37(33(43-14)23(20)4)46(36-28(9)26(7)27(8)29(36)10,38-31(41-12)18-21(2)24(5)34(38)44-15)39-32(42-13)19-22(3)25(6)35(39)45-16;;;;/h17-19H,1-16H3;3*1H;/q;;;;+3/p-3. The second-order valence-corrected chi connectivity index (χ2v) is 18.5. The molecule has 0 aliphatic heterocycles. The van der Waals surface area contributed by atoms with Crippen LogP contribution in [-0.2, 0) is 20.4 Å². The van der Waals surface area contributed by atoms with Crippen molar-refractivity contribution in [2.75, 3.05) is 42.7 Å². The van der Waals surface area contributed by atoms with Crippen molar-refractivity contribution in [3.8, 4) is 34.5 Å². The summed E-state index contributed by atoms with van der Waals surface area (Å²) in [7, 11) is 6.76. The van der Waals surface area contributed by atoms with Crippen molar-refractivity contribution in [2.45, 2.75) is 72.6 Å². The van der Waals surface area contributed by atoms with Crippen LogP contribution < -0.4 is 81.2 Å². The van der Waals surface area contributed by atoms with Crippen LogP contribution in [0.4, 0.5) is 0 Å². The van der Waals surface area contributed by atoms with Crippen molar-refractivity contribution in [3.63, 3.8) is 0 Å². The molecule has 3 aromatic rings. The molecule has 0 saturated carbocycles. The van der Waals surface area contributed by atoms with Crippen LogP contribution in [-0.4, -0.2) is 50.7 Å². The van der Waals surface area contributed by atoms with Crippen LogP contribution in [0.1, 0.15) is 61.1 Å². The van der Waals surface area contributed by atoms with E-state index < -0.39 is 11.4 Å². The molecule has 4 rings (SSSR count). The first kappa shape index (κ1) is 45.8. The molecule has 0 N–H and O–H groups in total. The van der Waals surface area contributed by atoms with E-state index in [9.17, 15) is 0 Å². The second kappa shape index (κ2) is 17.0. The van der Waals surface area contributed by atoms with Crippen molar-refractivity contribution >= 4 is 23.6 Å². The Hall–Kier alpha value is -2.26. The number of aryl methyl sites for hydroxylation is 3. The minimum atomic E-state index is -3.75. The van der Waals surface area contributed by atoms with Crippen molar-refractivity contribution in [3.05, 3.63) is 73.9 Å². The fourth-order valence-corrected chi connectivity index (χ4v) is 17.0. The molecule has 0 spiro atoms. The number of methoxy groups -OCH3 is 6. The smallest absolute Gasteiger partial charge is 1.00 e. The number of hydrogen-bond donors (Lipinski definition) is 0. The molecule has 0 unspecified atom stereocenters. The summed E-state index contributed by atoms with van der Waals surface area (Å²) in [5, 5.41) is 2.94. The Morgan fingerprint density at radius 1 is 0.440 bits per heavy atom. The van der Waals surface area contributed by atoms with Gasteiger partial charge in [0.05, 0.1) is 0 Å². The molecule has 0 saturated heterocycles. The van der Waals surface area contributed by atoms with Gasteiger partial charge in [-0.2, -0.15) is 0 Å². The van der Waals surface area contributed by atoms with Gasteiger partial charge in [-0.15, -0.1) is 0 Å². The van der Waals surface area contributed by atoms with Crippen LogP contribution in [0.15, 0.2) is 40.5 Å². The molecule has 1 aliphatic carbocycles. The van der Waals surface area contributed by atoms with Gasteiger partial charge < -0.3 is 37.2 Å². The summed E-state index contributed by atoms with van der Waals surface area (Å²) in [6.07, 6.45) is 0. The summed E-state index contributed by atoms with van der Waals surface area (Å²) in [6.45, 7) is 21.7. The van der Waals surface area contributed by atoms with Crippen molar-refractivity contribution < 1.29 is 86.1 Å². The van der Waals surface area contributed by atoms with E-state index in [4.69, 9.17) is 28.4 Å². The van der Waals surface area contributed by atoms with E-state index in [1.54, 1.807) is 42.7 Å². The van der Waals surface area contributed by atoms with E-state index in [-0.39, 0.29) is 37.2 Å². The van der Waals surface area contributed by atoms with Gasteiger partial charge in [0.15, 0.2) is 0 Å². The fraction of sp³-hybridized carbons (Fsp3) is 0.436. The number of hydrogen-bond acceptors (Lipinski definition) is 6. The van der Waals surface area contributed by atoms with Gasteiger partial charge in [0.2, 0.25) is 0 Å². The second-order valence-electron chi connectivity index (χ2n) is 12.8. The minimum Gasteiger partial charge on any atom is -1.00 e. The van der Waals surface area contributed by atoms with E-state index >= 15 is 0 Å². The number of allylic oxidation sites excluding steroid dienone is 4. The van der Waals surface area contributed by atoms with Gasteiger partial charge >= 0.3 is 296 Å². The third-order valence-corrected chi connectivity index (χ3v) is 19.5. The predicted molar refractivity (Wildman–Crippen MR) is 191 cm³/mol. The van der Waals surface area contributed by atoms with Gasteiger partial charge in [-0.05, 0) is 0 Å². The van der Waals surface area contributed by atoms with Crippen LogP contribution in [0.25, 0.3) is 0 Å². The van der Waals surface area contributed by atoms with Crippen LogP contribution in [0.2, 0.25) is 3.34 Å². The Morgan fingerprint density at radius 3 is 0.880 bits per heavy atom. The maximum Gasteiger partial charge on any atom is -1.00 e. The zero-order valence-electron chi connectivity index (χ0n) is 32.3. The zero-order chi connectivity index (χ0) is 35.3. The maximum absolute atomic E-state index is 6.54. The minimum absolute atomic E-state index is 0. The molecule has 0 radical (unpaired) electrons. The number of benzene rings is 3. The number of ether oxygens (including phenoxy) is 6. The van der Waals surface area contributed by atoms with E-state index in [1.165, 1.54) is 22.3 Å². The molecule has 0 aromatic heterocycles. The Kier molecular flexibility index (Phi) is 15.6. The first-order valence-corrected chi connectivity index (χ1v) is 18.7. The first-order chi connectivity index (χ1) is 22.1. The third kappa shape index (κ3) is 6.28. The van der Waals surface area contributed by atoms with Crippen molar-refractivity contribution in [1.82, 2.24) is 0 Å². The Bertz CT molecular complexity index is 1650. The molecular weight excluding hydrogens is 747 g/mol. The SMILES string of the molecule is COc1cc(C)c(C)c(OC)c1[Si](c1c(OC)cc(C)c(C)c1OC)(c1c(OC)cc(C)c(C)c1OC)[C]1([Ti+3])C(C)=C(C)C(C)=C1C.[Cl-].[Cl-].[Cl-]. The topological polar surface area (TPSA) is 55.4 Å². The molecular formula is C39H51Cl3O6SiTi. The summed E-state index contributed by atoms with van der Waals surface area (Å²) in [4.78, 5) is 0. The Labute approximate surface area is 331 Å². The van der Waals surface area contributed by atoms with E-state index in [0.29, 0.717) is 0 Å². The molecule has 0 atom stereocenters. The number of halogens is 3. The van der Waals surface area contributed by atoms with Crippen molar-refractivity contribution in [1.29, 1.82) is 0 Å². The third-order valence-electron chi connectivity index (χ3n) is 11.0. The molecule has 6 nitrogen and oxygen atoms in total. The predicted octanol–water partition coefficient (Wildman–Crippen LogP) is -2.00. The Morgan fingerprint density at radius 2 is 0.680 bits per heavy atom. The van der Waals surface area contributed by atoms with Crippen LogP contribution in [0.3, 0.4) is 0 Å². The summed E-state index contributed by atoms with van der Waals surface area (Å²) in [5.41, 5.74) is 11.4. The van der Waals surface area contributed by atoms with Gasteiger partial charge in [-0.25, -0.2) is 0 Å². The monoisotopic (exact) mass is 796 g/mol. The summed E-state index contributed by atoms with van der Waals surface area (Å²) >= 11 is 2.39. The average molecular weight is 798 g/mol. The van der Waals surface area contributed by atoms with Gasteiger partial charge in [0.25, 0.3) is 0 Å². The van der Waals surface area contributed by atoms with E-state index in [2.05, 4.69) is 108 Å². The molecule has 1 aliphatic rings. The van der Waals surface area contributed by atoms with Crippen molar-refractivity contribution in [2.24, 2.45) is 0 Å². The van der Waals surface area contributed by atoms with Gasteiger partial charge in [-0.1, -0.05) is 0 Å². The molecule has 0 bridgehead atoms. The Balaban J connectivity index is 0.00000417. The fourth-order valence-electron chi connectivity index (χ4n) is 7.79. The first-order valence-electron chi connectivity index (χ1n) is 15.9. The number of rotatable bonds is 10. The normalized spacial score (nSPS) is 13.6. The summed E-state index contributed by atoms with van der Waals surface area (Å²) in [6, 6.07) is 6.43. The van der Waals surface area contributed by atoms with Gasteiger partial charge in [0.1, 0.15) is 0 Å². The average Bonchev–Trinajstić information content (AvgIpc) is 3.21. The molecule has 0 fully saturated rings. The van der Waals surface area contributed by atoms with Crippen LogP contribution in [0.5, 0.6) is 34.5 Å². The van der Waals surface area contributed by atoms with Gasteiger partial charge in [-0.3, -0.25) is 0 Å². The zero-order valence-corrected chi connectivity index (χ0v) is 37.1. The largest absolute Gasteiger partial charge is 1.00 e. The molecule has 50 heavy (non-hydrogen) atoms. The summed E-state index contributed by atoms with van der Waals surface area (Å²) in [5.74, 6) is 4.56. The van der Waals surface area contributed by atoms with E-state index in [0.717, 1.165) is 83.4 Å². The van der Waals surface area contributed by atoms with Crippen LogP contribution in [0, 0.1) is 41.5 Å².